The third-order valence-electron chi connectivity index (χ3n) is 1.51. The van der Waals surface area contributed by atoms with Gasteiger partial charge in [-0.1, -0.05) is 6.58 Å². The fourth-order valence-corrected chi connectivity index (χ4v) is 0.939. The predicted octanol–water partition coefficient (Wildman–Crippen LogP) is 0.128. The monoisotopic (exact) mass is 166 g/mol. The normalized spacial score (nSPS) is 22.1. The molecule has 0 bridgehead atoms. The van der Waals surface area contributed by atoms with Crippen LogP contribution in [0.3, 0.4) is 0 Å². The van der Waals surface area contributed by atoms with Gasteiger partial charge in [-0.05, 0) is 13.1 Å². The summed E-state index contributed by atoms with van der Waals surface area (Å²) in [5, 5.41) is 3.03. The van der Waals surface area contributed by atoms with Crippen molar-refractivity contribution in [2.45, 2.75) is 13.1 Å². The molecule has 1 heterocycles. The van der Waals surface area contributed by atoms with Crippen molar-refractivity contribution in [3.05, 3.63) is 24.6 Å². The first-order valence-electron chi connectivity index (χ1n) is 3.96. The Morgan fingerprint density at radius 1 is 1.83 bits per heavy atom. The van der Waals surface area contributed by atoms with Gasteiger partial charge in [0, 0.05) is 24.5 Å². The van der Waals surface area contributed by atoms with E-state index >= 15 is 0 Å². The van der Waals surface area contributed by atoms with E-state index in [1.54, 1.807) is 6.20 Å². The van der Waals surface area contributed by atoms with Gasteiger partial charge in [-0.2, -0.15) is 0 Å². The number of hydrogen-bond acceptors (Lipinski definition) is 4. The third kappa shape index (κ3) is 2.10. The van der Waals surface area contributed by atoms with Gasteiger partial charge in [0.1, 0.15) is 6.17 Å². The smallest absolute Gasteiger partial charge is 0.123 e. The summed E-state index contributed by atoms with van der Waals surface area (Å²) in [6, 6.07) is 0. The minimum absolute atomic E-state index is 0.0813. The number of rotatable bonds is 4. The molecular formula is C8H14N4. The molecule has 3 N–H and O–H groups in total. The summed E-state index contributed by atoms with van der Waals surface area (Å²) in [4.78, 5) is 4.14. The summed E-state index contributed by atoms with van der Waals surface area (Å²) in [5.74, 6) is 0. The number of aliphatic imine (C=N–C) groups is 1. The van der Waals surface area contributed by atoms with Crippen LogP contribution in [0.5, 0.6) is 0 Å². The first-order chi connectivity index (χ1) is 5.88. The van der Waals surface area contributed by atoms with E-state index in [0.717, 1.165) is 12.1 Å². The first-order valence-corrected chi connectivity index (χ1v) is 3.96. The third-order valence-corrected chi connectivity index (χ3v) is 1.51. The van der Waals surface area contributed by atoms with E-state index in [1.807, 2.05) is 19.3 Å². The Morgan fingerprint density at radius 3 is 3.33 bits per heavy atom. The van der Waals surface area contributed by atoms with E-state index in [2.05, 4.69) is 27.7 Å². The van der Waals surface area contributed by atoms with Gasteiger partial charge in [-0.3, -0.25) is 4.99 Å². The predicted molar refractivity (Wildman–Crippen MR) is 50.5 cm³/mol. The quantitative estimate of drug-likeness (QED) is 0.520. The first kappa shape index (κ1) is 8.80. The van der Waals surface area contributed by atoms with Gasteiger partial charge in [0.2, 0.25) is 0 Å². The number of nitrogens with zero attached hydrogens (tertiary/aromatic N) is 1. The van der Waals surface area contributed by atoms with E-state index in [0.29, 0.717) is 0 Å². The molecule has 4 nitrogen and oxygen atoms in total. The molecule has 12 heavy (non-hydrogen) atoms. The summed E-state index contributed by atoms with van der Waals surface area (Å²) in [5.41, 5.74) is 6.98. The Labute approximate surface area is 72.4 Å². The van der Waals surface area contributed by atoms with E-state index in [4.69, 9.17) is 0 Å². The molecule has 1 unspecified atom stereocenters. The van der Waals surface area contributed by atoms with Crippen LogP contribution in [-0.2, 0) is 0 Å². The number of hydrazine groups is 1. The van der Waals surface area contributed by atoms with Crippen LogP contribution in [0.2, 0.25) is 0 Å². The molecule has 0 aliphatic carbocycles. The maximum atomic E-state index is 4.14. The second-order valence-electron chi connectivity index (χ2n) is 2.36. The second kappa shape index (κ2) is 4.56. The van der Waals surface area contributed by atoms with E-state index in [9.17, 15) is 0 Å². The largest absolute Gasteiger partial charge is 0.371 e. The van der Waals surface area contributed by atoms with E-state index < -0.39 is 0 Å². The minimum atomic E-state index is 0.0813. The molecule has 0 spiro atoms. The van der Waals surface area contributed by atoms with Crippen LogP contribution in [0, 0.1) is 0 Å². The van der Waals surface area contributed by atoms with Crippen molar-refractivity contribution in [2.24, 2.45) is 4.99 Å². The molecule has 0 aromatic carbocycles. The highest BCUT2D eigenvalue weighted by molar-refractivity contribution is 5.80. The second-order valence-corrected chi connectivity index (χ2v) is 2.36. The maximum absolute atomic E-state index is 4.14. The van der Waals surface area contributed by atoms with Crippen LogP contribution in [-0.4, -0.2) is 18.9 Å². The van der Waals surface area contributed by atoms with Crippen LogP contribution < -0.4 is 16.2 Å². The zero-order chi connectivity index (χ0) is 8.81. The van der Waals surface area contributed by atoms with E-state index in [-0.39, 0.29) is 6.17 Å². The molecule has 0 saturated heterocycles. The van der Waals surface area contributed by atoms with Crippen LogP contribution in [0.25, 0.3) is 0 Å². The lowest BCUT2D eigenvalue weighted by atomic mass is 10.2. The molecule has 0 saturated carbocycles. The molecule has 4 heteroatoms. The Hall–Kier alpha value is -1.29. The highest BCUT2D eigenvalue weighted by atomic mass is 15.4. The zero-order valence-electron chi connectivity index (χ0n) is 7.17. The molecule has 1 rings (SSSR count). The van der Waals surface area contributed by atoms with Gasteiger partial charge < -0.3 is 10.7 Å². The molecule has 1 atom stereocenters. The van der Waals surface area contributed by atoms with Crippen LogP contribution in [0.15, 0.2) is 29.5 Å². The average molecular weight is 166 g/mol. The van der Waals surface area contributed by atoms with Gasteiger partial charge in [-0.15, -0.1) is 0 Å². The standard InChI is InChI=1S/C8H14N4/c1-3-9-5-7-6-11-12-8(7)10-4-2/h4-6,8,10-12H,2-3H2,1H3. The number of nitrogens with one attached hydrogen (secondary N) is 3. The summed E-state index contributed by atoms with van der Waals surface area (Å²) >= 11 is 0. The minimum Gasteiger partial charge on any atom is -0.371 e. The Balaban J connectivity index is 2.50. The lowest BCUT2D eigenvalue weighted by Gasteiger charge is -2.11. The highest BCUT2D eigenvalue weighted by Gasteiger charge is 2.13. The molecule has 1 aliphatic heterocycles. The van der Waals surface area contributed by atoms with Crippen LogP contribution >= 0.6 is 0 Å². The molecule has 0 fully saturated rings. The van der Waals surface area contributed by atoms with Crippen molar-refractivity contribution in [1.29, 1.82) is 0 Å². The summed E-state index contributed by atoms with van der Waals surface area (Å²) < 4.78 is 0. The SMILES string of the molecule is C=CNC1NNC=C1C=NCC. The van der Waals surface area contributed by atoms with Crippen molar-refractivity contribution in [3.63, 3.8) is 0 Å². The van der Waals surface area contributed by atoms with Crippen molar-refractivity contribution in [3.8, 4) is 0 Å². The summed E-state index contributed by atoms with van der Waals surface area (Å²) in [7, 11) is 0. The van der Waals surface area contributed by atoms with Gasteiger partial charge >= 0.3 is 0 Å². The van der Waals surface area contributed by atoms with Gasteiger partial charge in [0.15, 0.2) is 0 Å². The Bertz CT molecular complexity index is 207. The summed E-state index contributed by atoms with van der Waals surface area (Å²) in [6.07, 6.45) is 5.45. The zero-order valence-corrected chi connectivity index (χ0v) is 7.17. The fraction of sp³-hybridized carbons (Fsp3) is 0.375. The maximum Gasteiger partial charge on any atom is 0.123 e. The van der Waals surface area contributed by atoms with Crippen LogP contribution in [0.4, 0.5) is 0 Å². The summed E-state index contributed by atoms with van der Waals surface area (Å²) in [6.45, 7) is 6.39. The lowest BCUT2D eigenvalue weighted by Crippen LogP contribution is -2.41. The van der Waals surface area contributed by atoms with Gasteiger partial charge in [-0.25, -0.2) is 5.43 Å². The topological polar surface area (TPSA) is 48.4 Å². The van der Waals surface area contributed by atoms with Crippen molar-refractivity contribution >= 4 is 6.21 Å². The highest BCUT2D eigenvalue weighted by Crippen LogP contribution is 1.99. The number of hydrogen-bond donors (Lipinski definition) is 3. The van der Waals surface area contributed by atoms with Crippen molar-refractivity contribution < 1.29 is 0 Å². The van der Waals surface area contributed by atoms with Gasteiger partial charge in [0.05, 0.1) is 0 Å². The molecule has 0 radical (unpaired) electrons. The lowest BCUT2D eigenvalue weighted by molar-refractivity contribution is 0.540. The molecular weight excluding hydrogens is 152 g/mol. The molecule has 1 aliphatic rings. The van der Waals surface area contributed by atoms with Crippen LogP contribution in [0.1, 0.15) is 6.92 Å². The average Bonchev–Trinajstić information content (AvgIpc) is 2.50. The van der Waals surface area contributed by atoms with E-state index in [1.165, 1.54) is 0 Å². The Kier molecular flexibility index (Phi) is 3.35. The van der Waals surface area contributed by atoms with Gasteiger partial charge in [0.25, 0.3) is 0 Å². The molecule has 66 valence electrons. The fourth-order valence-electron chi connectivity index (χ4n) is 0.939. The Morgan fingerprint density at radius 2 is 2.67 bits per heavy atom. The molecule has 0 aromatic rings. The van der Waals surface area contributed by atoms with Crippen molar-refractivity contribution in [2.75, 3.05) is 6.54 Å². The molecule has 0 aromatic heterocycles. The van der Waals surface area contributed by atoms with Crippen molar-refractivity contribution in [1.82, 2.24) is 16.2 Å². The molecule has 0 amide bonds.